The number of carboxylic acid groups (broad SMARTS) is 1. The molecule has 0 heterocycles. The summed E-state index contributed by atoms with van der Waals surface area (Å²) in [6.45, 7) is 2.56. The van der Waals surface area contributed by atoms with E-state index in [0.717, 1.165) is 5.56 Å². The van der Waals surface area contributed by atoms with Crippen LogP contribution >= 0.6 is 0 Å². The molecule has 0 bridgehead atoms. The monoisotopic (exact) mass is 267 g/mol. The van der Waals surface area contributed by atoms with E-state index in [0.29, 0.717) is 18.0 Å². The summed E-state index contributed by atoms with van der Waals surface area (Å²) < 4.78 is 10.4. The number of carbonyl (C=O) groups is 1. The number of methoxy groups -OCH3 is 2. The zero-order valence-corrected chi connectivity index (χ0v) is 11.8. The Morgan fingerprint density at radius 2 is 1.95 bits per heavy atom. The molecule has 0 aliphatic heterocycles. The molecule has 0 saturated heterocycles. The molecule has 0 spiro atoms. The third-order valence-electron chi connectivity index (χ3n) is 3.10. The smallest absolute Gasteiger partial charge is 0.304 e. The van der Waals surface area contributed by atoms with E-state index in [-0.39, 0.29) is 12.5 Å². The first-order valence-electron chi connectivity index (χ1n) is 6.10. The fourth-order valence-corrected chi connectivity index (χ4v) is 1.83. The Labute approximate surface area is 113 Å². The number of benzene rings is 1. The number of aliphatic carboxylic acids is 1. The summed E-state index contributed by atoms with van der Waals surface area (Å²) in [5.74, 6) is 0.582. The lowest BCUT2D eigenvalue weighted by Gasteiger charge is -2.23. The molecule has 0 aliphatic rings. The van der Waals surface area contributed by atoms with Crippen LogP contribution in [-0.4, -0.2) is 43.3 Å². The van der Waals surface area contributed by atoms with E-state index < -0.39 is 5.97 Å². The van der Waals surface area contributed by atoms with Crippen LogP contribution < -0.4 is 9.47 Å². The molecule has 0 aliphatic carbocycles. The summed E-state index contributed by atoms with van der Waals surface area (Å²) >= 11 is 0. The van der Waals surface area contributed by atoms with Gasteiger partial charge in [0.15, 0.2) is 11.5 Å². The van der Waals surface area contributed by atoms with E-state index in [1.54, 1.807) is 14.2 Å². The van der Waals surface area contributed by atoms with Crippen molar-refractivity contribution in [2.45, 2.75) is 25.9 Å². The van der Waals surface area contributed by atoms with Crippen molar-refractivity contribution < 1.29 is 19.4 Å². The molecule has 1 aromatic rings. The van der Waals surface area contributed by atoms with Crippen LogP contribution in [0, 0.1) is 0 Å². The SMILES string of the molecule is COc1ccc(CN(C)C(C)CC(=O)O)cc1OC. The van der Waals surface area contributed by atoms with Crippen molar-refractivity contribution >= 4 is 5.97 Å². The van der Waals surface area contributed by atoms with Gasteiger partial charge in [-0.2, -0.15) is 0 Å². The van der Waals surface area contributed by atoms with Crippen molar-refractivity contribution in [3.8, 4) is 11.5 Å². The standard InChI is InChI=1S/C14H21NO4/c1-10(7-14(16)17)15(2)9-11-5-6-12(18-3)13(8-11)19-4/h5-6,8,10H,7,9H2,1-4H3,(H,16,17). The van der Waals surface area contributed by atoms with Gasteiger partial charge in [-0.15, -0.1) is 0 Å². The molecule has 5 nitrogen and oxygen atoms in total. The highest BCUT2D eigenvalue weighted by atomic mass is 16.5. The number of nitrogens with zero attached hydrogens (tertiary/aromatic N) is 1. The summed E-state index contributed by atoms with van der Waals surface area (Å²) in [6.07, 6.45) is 0.129. The van der Waals surface area contributed by atoms with E-state index >= 15 is 0 Å². The van der Waals surface area contributed by atoms with Crippen LogP contribution in [0.15, 0.2) is 18.2 Å². The lowest BCUT2D eigenvalue weighted by Crippen LogP contribution is -2.30. The Balaban J connectivity index is 2.73. The number of hydrogen-bond donors (Lipinski definition) is 1. The Hall–Kier alpha value is -1.75. The molecule has 1 aromatic carbocycles. The van der Waals surface area contributed by atoms with E-state index in [1.807, 2.05) is 37.1 Å². The third-order valence-corrected chi connectivity index (χ3v) is 3.10. The van der Waals surface area contributed by atoms with Crippen LogP contribution in [0.4, 0.5) is 0 Å². The van der Waals surface area contributed by atoms with Gasteiger partial charge in [0.1, 0.15) is 0 Å². The maximum atomic E-state index is 10.7. The molecule has 0 aromatic heterocycles. The lowest BCUT2D eigenvalue weighted by atomic mass is 10.1. The highest BCUT2D eigenvalue weighted by molar-refractivity contribution is 5.67. The van der Waals surface area contributed by atoms with Gasteiger partial charge in [-0.05, 0) is 31.7 Å². The molecule has 1 atom stereocenters. The largest absolute Gasteiger partial charge is 0.493 e. The van der Waals surface area contributed by atoms with Gasteiger partial charge in [0.2, 0.25) is 0 Å². The molecule has 0 saturated carbocycles. The van der Waals surface area contributed by atoms with Crippen LogP contribution in [0.25, 0.3) is 0 Å². The molecular formula is C14H21NO4. The van der Waals surface area contributed by atoms with Gasteiger partial charge >= 0.3 is 5.97 Å². The maximum Gasteiger partial charge on any atom is 0.304 e. The first-order chi connectivity index (χ1) is 8.97. The minimum absolute atomic E-state index is 0.0226. The Bertz CT molecular complexity index is 433. The van der Waals surface area contributed by atoms with Gasteiger partial charge in [0.05, 0.1) is 20.6 Å². The maximum absolute atomic E-state index is 10.7. The van der Waals surface area contributed by atoms with Crippen LogP contribution in [-0.2, 0) is 11.3 Å². The van der Waals surface area contributed by atoms with Crippen LogP contribution in [0.1, 0.15) is 18.9 Å². The van der Waals surface area contributed by atoms with Crippen LogP contribution in [0.5, 0.6) is 11.5 Å². The van der Waals surface area contributed by atoms with E-state index in [4.69, 9.17) is 14.6 Å². The normalized spacial score (nSPS) is 12.3. The minimum atomic E-state index is -0.785. The third kappa shape index (κ3) is 4.44. The second-order valence-corrected chi connectivity index (χ2v) is 4.55. The number of ether oxygens (including phenoxy) is 2. The molecule has 1 N–H and O–H groups in total. The summed E-state index contributed by atoms with van der Waals surface area (Å²) in [5.41, 5.74) is 1.05. The Morgan fingerprint density at radius 3 is 2.47 bits per heavy atom. The second-order valence-electron chi connectivity index (χ2n) is 4.55. The van der Waals surface area contributed by atoms with Crippen molar-refractivity contribution in [3.05, 3.63) is 23.8 Å². The molecule has 19 heavy (non-hydrogen) atoms. The first-order valence-corrected chi connectivity index (χ1v) is 6.10. The average Bonchev–Trinajstić information content (AvgIpc) is 2.37. The molecule has 106 valence electrons. The average molecular weight is 267 g/mol. The second kappa shape index (κ2) is 6.99. The van der Waals surface area contributed by atoms with E-state index in [9.17, 15) is 4.79 Å². The number of hydrogen-bond acceptors (Lipinski definition) is 4. The van der Waals surface area contributed by atoms with Crippen LogP contribution in [0.2, 0.25) is 0 Å². The summed E-state index contributed by atoms with van der Waals surface area (Å²) in [5, 5.41) is 8.79. The van der Waals surface area contributed by atoms with E-state index in [1.165, 1.54) is 0 Å². The molecule has 5 heteroatoms. The highest BCUT2D eigenvalue weighted by Crippen LogP contribution is 2.28. The van der Waals surface area contributed by atoms with Gasteiger partial charge in [-0.1, -0.05) is 6.07 Å². The van der Waals surface area contributed by atoms with Crippen molar-refractivity contribution in [3.63, 3.8) is 0 Å². The number of rotatable bonds is 7. The quantitative estimate of drug-likeness (QED) is 0.818. The zero-order valence-electron chi connectivity index (χ0n) is 11.8. The topological polar surface area (TPSA) is 59.0 Å². The summed E-state index contributed by atoms with van der Waals surface area (Å²) in [6, 6.07) is 5.68. The van der Waals surface area contributed by atoms with Crippen LogP contribution in [0.3, 0.4) is 0 Å². The lowest BCUT2D eigenvalue weighted by molar-refractivity contribution is -0.138. The Morgan fingerprint density at radius 1 is 1.32 bits per heavy atom. The molecule has 0 fully saturated rings. The zero-order chi connectivity index (χ0) is 14.4. The highest BCUT2D eigenvalue weighted by Gasteiger charge is 2.14. The predicted molar refractivity (Wildman–Crippen MR) is 72.7 cm³/mol. The van der Waals surface area contributed by atoms with Gasteiger partial charge in [0.25, 0.3) is 0 Å². The predicted octanol–water partition coefficient (Wildman–Crippen LogP) is 2.00. The van der Waals surface area contributed by atoms with Gasteiger partial charge in [-0.25, -0.2) is 0 Å². The fourth-order valence-electron chi connectivity index (χ4n) is 1.83. The molecule has 0 amide bonds. The molecule has 0 radical (unpaired) electrons. The van der Waals surface area contributed by atoms with Gasteiger partial charge in [-0.3, -0.25) is 9.69 Å². The van der Waals surface area contributed by atoms with Crippen molar-refractivity contribution in [2.75, 3.05) is 21.3 Å². The first kappa shape index (κ1) is 15.3. The van der Waals surface area contributed by atoms with Crippen molar-refractivity contribution in [1.82, 2.24) is 4.90 Å². The minimum Gasteiger partial charge on any atom is -0.493 e. The van der Waals surface area contributed by atoms with Crippen molar-refractivity contribution in [1.29, 1.82) is 0 Å². The van der Waals surface area contributed by atoms with Gasteiger partial charge in [0, 0.05) is 12.6 Å². The van der Waals surface area contributed by atoms with Gasteiger partial charge < -0.3 is 14.6 Å². The Kier molecular flexibility index (Phi) is 5.63. The fraction of sp³-hybridized carbons (Fsp3) is 0.500. The molecule has 1 unspecified atom stereocenters. The number of carboxylic acids is 1. The van der Waals surface area contributed by atoms with Crippen molar-refractivity contribution in [2.24, 2.45) is 0 Å². The molecule has 1 rings (SSSR count). The summed E-state index contributed by atoms with van der Waals surface area (Å²) in [7, 11) is 5.10. The summed E-state index contributed by atoms with van der Waals surface area (Å²) in [4.78, 5) is 12.7. The van der Waals surface area contributed by atoms with E-state index in [2.05, 4.69) is 0 Å². The molecular weight excluding hydrogens is 246 g/mol.